The number of hydrogen-bond donors (Lipinski definition) is 2. The van der Waals surface area contributed by atoms with Crippen LogP contribution in [0.1, 0.15) is 43.7 Å². The summed E-state index contributed by atoms with van der Waals surface area (Å²) >= 11 is 0. The second-order valence-electron chi connectivity index (χ2n) is 9.64. The van der Waals surface area contributed by atoms with Gasteiger partial charge in [0.25, 0.3) is 5.56 Å². The van der Waals surface area contributed by atoms with E-state index in [1.807, 2.05) is 72.8 Å². The molecular formula is C30H29N3O3. The van der Waals surface area contributed by atoms with Crippen molar-refractivity contribution in [1.29, 1.82) is 0 Å². The van der Waals surface area contributed by atoms with Crippen LogP contribution in [-0.2, 0) is 4.79 Å². The lowest BCUT2D eigenvalue weighted by atomic mass is 9.94. The van der Waals surface area contributed by atoms with Crippen LogP contribution in [0.4, 0.5) is 0 Å². The number of H-pyrrole nitrogens is 1. The Kier molecular flexibility index (Phi) is 5.72. The van der Waals surface area contributed by atoms with Gasteiger partial charge in [-0.15, -0.1) is 0 Å². The first-order chi connectivity index (χ1) is 17.7. The number of pyridine rings is 1. The van der Waals surface area contributed by atoms with Gasteiger partial charge in [-0.25, -0.2) is 0 Å². The number of nitrogens with one attached hydrogen (secondary N) is 2. The van der Waals surface area contributed by atoms with E-state index in [9.17, 15) is 9.59 Å². The highest BCUT2D eigenvalue weighted by Gasteiger charge is 2.30. The molecule has 0 spiro atoms. The van der Waals surface area contributed by atoms with E-state index in [2.05, 4.69) is 10.3 Å². The molecule has 1 amide bonds. The lowest BCUT2D eigenvalue weighted by Gasteiger charge is -2.27. The third-order valence-electron chi connectivity index (χ3n) is 7.44. The summed E-state index contributed by atoms with van der Waals surface area (Å²) in [5, 5.41) is 6.09. The quantitative estimate of drug-likeness (QED) is 0.340. The van der Waals surface area contributed by atoms with Crippen LogP contribution in [0.3, 0.4) is 0 Å². The molecule has 2 N–H and O–H groups in total. The zero-order chi connectivity index (χ0) is 24.6. The van der Waals surface area contributed by atoms with Crippen molar-refractivity contribution in [2.75, 3.05) is 7.11 Å². The number of aromatic nitrogens is 2. The summed E-state index contributed by atoms with van der Waals surface area (Å²) in [6.07, 6.45) is 5.35. The number of amides is 1. The second-order valence-corrected chi connectivity index (χ2v) is 9.64. The van der Waals surface area contributed by atoms with Gasteiger partial charge in [-0.3, -0.25) is 14.2 Å². The first kappa shape index (κ1) is 22.4. The largest absolute Gasteiger partial charge is 0.497 e. The number of hydrogen-bond acceptors (Lipinski definition) is 3. The predicted molar refractivity (Wildman–Crippen MR) is 144 cm³/mol. The van der Waals surface area contributed by atoms with Crippen molar-refractivity contribution in [3.63, 3.8) is 0 Å². The molecule has 0 radical (unpaired) electrons. The second kappa shape index (κ2) is 9.19. The van der Waals surface area contributed by atoms with Crippen LogP contribution >= 0.6 is 0 Å². The molecule has 2 aromatic heterocycles. The highest BCUT2D eigenvalue weighted by molar-refractivity contribution is 6.19. The number of carbonyl (C=O) groups excluding carboxylic acids is 1. The highest BCUT2D eigenvalue weighted by atomic mass is 16.5. The van der Waals surface area contributed by atoms with Crippen LogP contribution in [0.25, 0.3) is 32.7 Å². The fourth-order valence-corrected chi connectivity index (χ4v) is 5.72. The van der Waals surface area contributed by atoms with E-state index in [1.54, 1.807) is 11.7 Å². The third kappa shape index (κ3) is 3.73. The lowest BCUT2D eigenvalue weighted by Crippen LogP contribution is -2.43. The van der Waals surface area contributed by atoms with E-state index < -0.39 is 6.04 Å². The van der Waals surface area contributed by atoms with Gasteiger partial charge in [-0.05, 0) is 42.7 Å². The van der Waals surface area contributed by atoms with Crippen molar-refractivity contribution in [2.45, 2.75) is 44.2 Å². The van der Waals surface area contributed by atoms with Crippen molar-refractivity contribution in [2.24, 2.45) is 0 Å². The number of carbonyl (C=O) groups is 1. The summed E-state index contributed by atoms with van der Waals surface area (Å²) in [4.78, 5) is 31.5. The lowest BCUT2D eigenvalue weighted by molar-refractivity contribution is -0.124. The van der Waals surface area contributed by atoms with Crippen LogP contribution in [-0.4, -0.2) is 28.6 Å². The Morgan fingerprint density at radius 3 is 2.53 bits per heavy atom. The van der Waals surface area contributed by atoms with Crippen LogP contribution in [0, 0.1) is 0 Å². The van der Waals surface area contributed by atoms with Crippen LogP contribution < -0.4 is 15.6 Å². The number of nitrogens with zero attached hydrogens (tertiary/aromatic N) is 1. The van der Waals surface area contributed by atoms with Crippen LogP contribution in [0.5, 0.6) is 5.75 Å². The van der Waals surface area contributed by atoms with Gasteiger partial charge in [0.1, 0.15) is 17.3 Å². The topological polar surface area (TPSA) is 76.1 Å². The normalized spacial score (nSPS) is 15.4. The van der Waals surface area contributed by atoms with Crippen molar-refractivity contribution in [3.8, 4) is 5.75 Å². The van der Waals surface area contributed by atoms with Crippen molar-refractivity contribution >= 4 is 38.6 Å². The maximum atomic E-state index is 14.2. The summed E-state index contributed by atoms with van der Waals surface area (Å²) in [6.45, 7) is 0. The summed E-state index contributed by atoms with van der Waals surface area (Å²) in [6, 6.07) is 22.5. The number of para-hydroxylation sites is 2. The van der Waals surface area contributed by atoms with E-state index in [4.69, 9.17) is 4.74 Å². The highest BCUT2D eigenvalue weighted by Crippen LogP contribution is 2.33. The Morgan fingerprint density at radius 1 is 0.972 bits per heavy atom. The molecule has 6 rings (SSSR count). The molecule has 1 atom stereocenters. The monoisotopic (exact) mass is 479 g/mol. The standard InChI is InChI=1S/C30H29N3O3/c1-36-21-13-9-10-19(18-21)28(29(34)31-20-11-3-2-4-12-20)33-25-17-8-6-15-23(25)26-22-14-5-7-16-24(22)32-27(26)30(33)35/h5-10,13-18,20,28,32H,2-4,11-12H2,1H3,(H,31,34). The van der Waals surface area contributed by atoms with Crippen molar-refractivity contribution in [1.82, 2.24) is 14.9 Å². The summed E-state index contributed by atoms with van der Waals surface area (Å²) in [5.41, 5.74) is 2.63. The molecule has 5 aromatic rings. The predicted octanol–water partition coefficient (Wildman–Crippen LogP) is 5.68. The van der Waals surface area contributed by atoms with Crippen LogP contribution in [0.15, 0.2) is 77.6 Å². The van der Waals surface area contributed by atoms with Crippen LogP contribution in [0.2, 0.25) is 0 Å². The number of aromatic amines is 1. The van der Waals surface area contributed by atoms with E-state index >= 15 is 0 Å². The average molecular weight is 480 g/mol. The molecule has 2 heterocycles. The maximum absolute atomic E-state index is 14.2. The van der Waals surface area contributed by atoms with E-state index in [0.717, 1.165) is 52.9 Å². The smallest absolute Gasteiger partial charge is 0.276 e. The minimum atomic E-state index is -0.838. The Labute approximate surface area is 208 Å². The molecule has 6 heteroatoms. The van der Waals surface area contributed by atoms with E-state index in [0.29, 0.717) is 16.8 Å². The van der Waals surface area contributed by atoms with Crippen molar-refractivity contribution in [3.05, 3.63) is 88.7 Å². The van der Waals surface area contributed by atoms with Gasteiger partial charge in [-0.1, -0.05) is 67.8 Å². The SMILES string of the molecule is COc1cccc(C(C(=O)NC2CCCCC2)n2c(=O)c3[nH]c4ccccc4c3c3ccccc32)c1. The Hall–Kier alpha value is -4.06. The van der Waals surface area contributed by atoms with E-state index in [-0.39, 0.29) is 17.5 Å². The number of rotatable bonds is 5. The summed E-state index contributed by atoms with van der Waals surface area (Å²) < 4.78 is 7.13. The van der Waals surface area contributed by atoms with Gasteiger partial charge in [0.15, 0.2) is 0 Å². The third-order valence-corrected chi connectivity index (χ3v) is 7.44. The minimum Gasteiger partial charge on any atom is -0.497 e. The first-order valence-electron chi connectivity index (χ1n) is 12.6. The van der Waals surface area contributed by atoms with Gasteiger partial charge >= 0.3 is 0 Å². The molecule has 1 unspecified atom stereocenters. The van der Waals surface area contributed by atoms with Gasteiger partial charge in [0.05, 0.1) is 12.6 Å². The van der Waals surface area contributed by atoms with Gasteiger partial charge in [0.2, 0.25) is 5.91 Å². The number of methoxy groups -OCH3 is 1. The van der Waals surface area contributed by atoms with Gasteiger partial charge < -0.3 is 15.0 Å². The molecule has 1 aliphatic rings. The average Bonchev–Trinajstić information content (AvgIpc) is 3.32. The molecule has 0 bridgehead atoms. The number of fused-ring (bicyclic) bond motifs is 5. The molecule has 3 aromatic carbocycles. The summed E-state index contributed by atoms with van der Waals surface area (Å²) in [5.74, 6) is 0.477. The number of ether oxygens (including phenoxy) is 1. The molecule has 182 valence electrons. The Morgan fingerprint density at radius 2 is 1.72 bits per heavy atom. The molecule has 1 saturated carbocycles. The first-order valence-corrected chi connectivity index (χ1v) is 12.6. The van der Waals surface area contributed by atoms with Gasteiger partial charge in [-0.2, -0.15) is 0 Å². The molecule has 1 aliphatic carbocycles. The molecule has 6 nitrogen and oxygen atoms in total. The zero-order valence-electron chi connectivity index (χ0n) is 20.3. The van der Waals surface area contributed by atoms with Crippen molar-refractivity contribution < 1.29 is 9.53 Å². The minimum absolute atomic E-state index is 0.123. The van der Waals surface area contributed by atoms with Gasteiger partial charge in [0, 0.05) is 27.7 Å². The molecular weight excluding hydrogens is 450 g/mol. The maximum Gasteiger partial charge on any atom is 0.276 e. The molecule has 0 aliphatic heterocycles. The zero-order valence-corrected chi connectivity index (χ0v) is 20.3. The molecule has 1 fully saturated rings. The summed E-state index contributed by atoms with van der Waals surface area (Å²) in [7, 11) is 1.61. The Bertz CT molecular complexity index is 1640. The van der Waals surface area contributed by atoms with E-state index in [1.165, 1.54) is 6.42 Å². The molecule has 36 heavy (non-hydrogen) atoms. The fourth-order valence-electron chi connectivity index (χ4n) is 5.72. The fraction of sp³-hybridized carbons (Fsp3) is 0.267. The molecule has 0 saturated heterocycles. The number of benzene rings is 3. The Balaban J connectivity index is 1.62.